The van der Waals surface area contributed by atoms with E-state index in [1.54, 1.807) is 31.6 Å². The largest absolute Gasteiger partial charge is 0.377 e. The van der Waals surface area contributed by atoms with Gasteiger partial charge < -0.3 is 5.32 Å². The van der Waals surface area contributed by atoms with E-state index in [1.165, 1.54) is 6.07 Å². The molecule has 7 heteroatoms. The van der Waals surface area contributed by atoms with Crippen molar-refractivity contribution in [2.45, 2.75) is 19.9 Å². The lowest BCUT2D eigenvalue weighted by molar-refractivity contribution is -0.384. The van der Waals surface area contributed by atoms with Crippen LogP contribution in [0, 0.1) is 17.0 Å². The van der Waals surface area contributed by atoms with Gasteiger partial charge in [-0.25, -0.2) is 0 Å². The van der Waals surface area contributed by atoms with Crippen molar-refractivity contribution >= 4 is 23.0 Å². The first-order chi connectivity index (χ1) is 9.49. The second-order valence-electron chi connectivity index (χ2n) is 4.37. The van der Waals surface area contributed by atoms with Gasteiger partial charge in [-0.15, -0.1) is 0 Å². The van der Waals surface area contributed by atoms with Crippen LogP contribution in [-0.2, 0) is 0 Å². The van der Waals surface area contributed by atoms with Crippen molar-refractivity contribution in [2.75, 3.05) is 5.32 Å². The number of aryl methyl sites for hydroxylation is 1. The van der Waals surface area contributed by atoms with Crippen molar-refractivity contribution in [1.82, 2.24) is 9.97 Å². The van der Waals surface area contributed by atoms with Crippen LogP contribution in [0.5, 0.6) is 0 Å². The first-order valence-corrected chi connectivity index (χ1v) is 6.34. The van der Waals surface area contributed by atoms with Gasteiger partial charge in [-0.3, -0.25) is 20.1 Å². The standard InChI is InChI=1S/C13H13ClN4O2/c1-8-5-13(18(19)20)10(14)6-11(8)17-9(2)12-7-15-3-4-16-12/h3-7,9,17H,1-2H3. The number of nitro groups is 1. The maximum absolute atomic E-state index is 10.8. The summed E-state index contributed by atoms with van der Waals surface area (Å²) < 4.78 is 0. The normalized spacial score (nSPS) is 11.9. The fraction of sp³-hybridized carbons (Fsp3) is 0.231. The molecule has 1 unspecified atom stereocenters. The molecule has 0 radical (unpaired) electrons. The predicted octanol–water partition coefficient (Wildman–Crippen LogP) is 3.52. The van der Waals surface area contributed by atoms with E-state index in [0.29, 0.717) is 0 Å². The Labute approximate surface area is 121 Å². The highest BCUT2D eigenvalue weighted by Crippen LogP contribution is 2.32. The zero-order valence-electron chi connectivity index (χ0n) is 11.0. The van der Waals surface area contributed by atoms with Crippen molar-refractivity contribution in [3.63, 3.8) is 0 Å². The van der Waals surface area contributed by atoms with Crippen LogP contribution in [0.1, 0.15) is 24.2 Å². The molecule has 0 spiro atoms. The third-order valence-electron chi connectivity index (χ3n) is 2.89. The predicted molar refractivity (Wildman–Crippen MR) is 76.9 cm³/mol. The van der Waals surface area contributed by atoms with Crippen LogP contribution in [0.25, 0.3) is 0 Å². The van der Waals surface area contributed by atoms with Crippen LogP contribution >= 0.6 is 11.6 Å². The number of nitrogens with zero attached hydrogens (tertiary/aromatic N) is 3. The first-order valence-electron chi connectivity index (χ1n) is 5.96. The molecular weight excluding hydrogens is 280 g/mol. The molecule has 2 aromatic rings. The lowest BCUT2D eigenvalue weighted by atomic mass is 10.1. The Kier molecular flexibility index (Phi) is 4.14. The average molecular weight is 293 g/mol. The Bertz CT molecular complexity index is 634. The van der Waals surface area contributed by atoms with Crippen LogP contribution in [0.3, 0.4) is 0 Å². The van der Waals surface area contributed by atoms with E-state index in [9.17, 15) is 10.1 Å². The number of rotatable bonds is 4. The zero-order valence-corrected chi connectivity index (χ0v) is 11.8. The van der Waals surface area contributed by atoms with Gasteiger partial charge >= 0.3 is 0 Å². The molecule has 0 bridgehead atoms. The number of nitrogens with one attached hydrogen (secondary N) is 1. The van der Waals surface area contributed by atoms with Crippen molar-refractivity contribution in [2.24, 2.45) is 0 Å². The quantitative estimate of drug-likeness (QED) is 0.689. The lowest BCUT2D eigenvalue weighted by Crippen LogP contribution is -2.09. The van der Waals surface area contributed by atoms with E-state index in [2.05, 4.69) is 15.3 Å². The van der Waals surface area contributed by atoms with Gasteiger partial charge in [-0.1, -0.05) is 11.6 Å². The van der Waals surface area contributed by atoms with Crippen LogP contribution in [-0.4, -0.2) is 14.9 Å². The van der Waals surface area contributed by atoms with Crippen LogP contribution in [0.2, 0.25) is 5.02 Å². The van der Waals surface area contributed by atoms with Crippen LogP contribution < -0.4 is 5.32 Å². The molecule has 1 N–H and O–H groups in total. The number of hydrogen-bond donors (Lipinski definition) is 1. The third-order valence-corrected chi connectivity index (χ3v) is 3.19. The lowest BCUT2D eigenvalue weighted by Gasteiger charge is -2.16. The summed E-state index contributed by atoms with van der Waals surface area (Å²) in [6.45, 7) is 3.72. The monoisotopic (exact) mass is 292 g/mol. The van der Waals surface area contributed by atoms with Crippen LogP contribution in [0.15, 0.2) is 30.7 Å². The van der Waals surface area contributed by atoms with E-state index in [1.807, 2.05) is 6.92 Å². The highest BCUT2D eigenvalue weighted by Gasteiger charge is 2.16. The molecular formula is C13H13ClN4O2. The summed E-state index contributed by atoms with van der Waals surface area (Å²) >= 11 is 5.92. The van der Waals surface area contributed by atoms with E-state index in [-0.39, 0.29) is 16.8 Å². The topological polar surface area (TPSA) is 81.0 Å². The number of halogens is 1. The first kappa shape index (κ1) is 14.2. The summed E-state index contributed by atoms with van der Waals surface area (Å²) in [5, 5.41) is 14.1. The summed E-state index contributed by atoms with van der Waals surface area (Å²) in [4.78, 5) is 18.5. The summed E-state index contributed by atoms with van der Waals surface area (Å²) in [5.74, 6) is 0. The molecule has 1 aromatic carbocycles. The number of benzene rings is 1. The average Bonchev–Trinajstić information content (AvgIpc) is 2.43. The molecule has 0 aliphatic heterocycles. The minimum absolute atomic E-state index is 0.0834. The van der Waals surface area contributed by atoms with E-state index in [0.717, 1.165) is 16.9 Å². The molecule has 0 saturated heterocycles. The number of hydrogen-bond acceptors (Lipinski definition) is 5. The molecule has 1 aromatic heterocycles. The Balaban J connectivity index is 2.26. The Morgan fingerprint density at radius 3 is 2.75 bits per heavy atom. The SMILES string of the molecule is Cc1cc([N+](=O)[O-])c(Cl)cc1NC(C)c1cnccn1. The molecule has 104 valence electrons. The second kappa shape index (κ2) is 5.83. The van der Waals surface area contributed by atoms with Crippen molar-refractivity contribution in [1.29, 1.82) is 0 Å². The Hall–Kier alpha value is -2.21. The minimum Gasteiger partial charge on any atom is -0.377 e. The summed E-state index contributed by atoms with van der Waals surface area (Å²) in [6.07, 6.45) is 4.88. The maximum atomic E-state index is 10.8. The van der Waals surface area contributed by atoms with Crippen LogP contribution in [0.4, 0.5) is 11.4 Å². The second-order valence-corrected chi connectivity index (χ2v) is 4.78. The minimum atomic E-state index is -0.495. The molecule has 0 amide bonds. The number of anilines is 1. The fourth-order valence-corrected chi connectivity index (χ4v) is 2.04. The summed E-state index contributed by atoms with van der Waals surface area (Å²) in [6, 6.07) is 2.93. The van der Waals surface area contributed by atoms with Gasteiger partial charge in [0.1, 0.15) is 5.02 Å². The molecule has 20 heavy (non-hydrogen) atoms. The van der Waals surface area contributed by atoms with E-state index >= 15 is 0 Å². The molecule has 0 fully saturated rings. The molecule has 0 aliphatic carbocycles. The smallest absolute Gasteiger partial charge is 0.288 e. The highest BCUT2D eigenvalue weighted by atomic mass is 35.5. The van der Waals surface area contributed by atoms with Gasteiger partial charge in [0.25, 0.3) is 5.69 Å². The Morgan fingerprint density at radius 2 is 2.15 bits per heavy atom. The van der Waals surface area contributed by atoms with Gasteiger partial charge in [0.05, 0.1) is 22.9 Å². The van der Waals surface area contributed by atoms with Crippen molar-refractivity contribution in [3.8, 4) is 0 Å². The van der Waals surface area contributed by atoms with Gasteiger partial charge in [-0.2, -0.15) is 0 Å². The Morgan fingerprint density at radius 1 is 1.40 bits per heavy atom. The maximum Gasteiger partial charge on any atom is 0.288 e. The fourth-order valence-electron chi connectivity index (χ4n) is 1.80. The van der Waals surface area contributed by atoms with Crippen molar-refractivity contribution in [3.05, 3.63) is 57.1 Å². The van der Waals surface area contributed by atoms with Gasteiger partial charge in [0.15, 0.2) is 0 Å². The molecule has 1 heterocycles. The number of nitro benzene ring substituents is 1. The zero-order chi connectivity index (χ0) is 14.7. The molecule has 6 nitrogen and oxygen atoms in total. The molecule has 2 rings (SSSR count). The van der Waals surface area contributed by atoms with E-state index in [4.69, 9.17) is 11.6 Å². The summed E-state index contributed by atoms with van der Waals surface area (Å²) in [7, 11) is 0. The number of aromatic nitrogens is 2. The molecule has 0 aliphatic rings. The van der Waals surface area contributed by atoms with Gasteiger partial charge in [-0.05, 0) is 25.5 Å². The van der Waals surface area contributed by atoms with Gasteiger partial charge in [0.2, 0.25) is 0 Å². The summed E-state index contributed by atoms with van der Waals surface area (Å²) in [5.41, 5.74) is 2.17. The molecule has 1 atom stereocenters. The van der Waals surface area contributed by atoms with Crippen molar-refractivity contribution < 1.29 is 4.92 Å². The molecule has 0 saturated carbocycles. The van der Waals surface area contributed by atoms with Gasteiger partial charge in [0, 0.05) is 24.1 Å². The highest BCUT2D eigenvalue weighted by molar-refractivity contribution is 6.33. The third kappa shape index (κ3) is 3.03. The van der Waals surface area contributed by atoms with E-state index < -0.39 is 4.92 Å².